The lowest BCUT2D eigenvalue weighted by molar-refractivity contribution is 0.0828. The van der Waals surface area contributed by atoms with Gasteiger partial charge >= 0.3 is 0 Å². The SMILES string of the molecule is CN(C)C(=O)c1cccc2c1NC(=NCc1cccc(Cl)c1)C1(CCSCC1)N2. The largest absolute Gasteiger partial charge is 0.371 e. The summed E-state index contributed by atoms with van der Waals surface area (Å²) in [5.74, 6) is 3.04. The van der Waals surface area contributed by atoms with E-state index >= 15 is 0 Å². The van der Waals surface area contributed by atoms with E-state index in [0.717, 1.165) is 47.1 Å². The van der Waals surface area contributed by atoms with Gasteiger partial charge in [-0.1, -0.05) is 29.8 Å². The average molecular weight is 429 g/mol. The molecule has 1 amide bonds. The first kappa shape index (κ1) is 20.1. The molecule has 4 rings (SSSR count). The predicted molar refractivity (Wildman–Crippen MR) is 124 cm³/mol. The van der Waals surface area contributed by atoms with Gasteiger partial charge in [0.15, 0.2) is 0 Å². The van der Waals surface area contributed by atoms with E-state index in [0.29, 0.717) is 17.1 Å². The number of fused-ring (bicyclic) bond motifs is 1. The van der Waals surface area contributed by atoms with E-state index in [1.807, 2.05) is 54.2 Å². The fraction of sp³-hybridized carbons (Fsp3) is 0.364. The molecule has 1 saturated heterocycles. The van der Waals surface area contributed by atoms with E-state index in [2.05, 4.69) is 10.6 Å². The maximum absolute atomic E-state index is 12.7. The zero-order valence-electron chi connectivity index (χ0n) is 16.7. The Morgan fingerprint density at radius 1 is 1.21 bits per heavy atom. The van der Waals surface area contributed by atoms with Gasteiger partial charge in [0.2, 0.25) is 0 Å². The van der Waals surface area contributed by atoms with Crippen LogP contribution in [0.4, 0.5) is 11.4 Å². The number of hydrogen-bond donors (Lipinski definition) is 2. The van der Waals surface area contributed by atoms with Crippen molar-refractivity contribution in [2.75, 3.05) is 36.2 Å². The van der Waals surface area contributed by atoms with Crippen molar-refractivity contribution in [3.63, 3.8) is 0 Å². The highest BCUT2D eigenvalue weighted by Crippen LogP contribution is 2.40. The molecule has 0 radical (unpaired) electrons. The predicted octanol–water partition coefficient (Wildman–Crippen LogP) is 4.74. The summed E-state index contributed by atoms with van der Waals surface area (Å²) in [6, 6.07) is 13.6. The number of para-hydroxylation sites is 1. The fourth-order valence-corrected chi connectivity index (χ4v) is 5.25. The number of hydrogen-bond acceptors (Lipinski definition) is 4. The van der Waals surface area contributed by atoms with Crippen LogP contribution in [0.15, 0.2) is 47.5 Å². The number of nitrogens with one attached hydrogen (secondary N) is 2. The highest BCUT2D eigenvalue weighted by atomic mass is 35.5. The maximum Gasteiger partial charge on any atom is 0.255 e. The van der Waals surface area contributed by atoms with E-state index in [9.17, 15) is 4.79 Å². The first-order chi connectivity index (χ1) is 14.0. The summed E-state index contributed by atoms with van der Waals surface area (Å²) in [5, 5.41) is 8.00. The Balaban J connectivity index is 1.73. The topological polar surface area (TPSA) is 56.7 Å². The van der Waals surface area contributed by atoms with Crippen molar-refractivity contribution in [1.82, 2.24) is 4.90 Å². The van der Waals surface area contributed by atoms with E-state index in [4.69, 9.17) is 16.6 Å². The summed E-state index contributed by atoms with van der Waals surface area (Å²) < 4.78 is 0. The van der Waals surface area contributed by atoms with Crippen molar-refractivity contribution < 1.29 is 4.79 Å². The van der Waals surface area contributed by atoms with Crippen LogP contribution in [0.25, 0.3) is 0 Å². The second-order valence-electron chi connectivity index (χ2n) is 7.67. The standard InChI is InChI=1S/C22H25ClN4OS/c1-27(2)20(28)17-7-4-8-18-19(17)25-21(22(26-18)9-11-29-12-10-22)24-14-15-5-3-6-16(23)13-15/h3-8,13,26H,9-12,14H2,1-2H3,(H,24,25). The van der Waals surface area contributed by atoms with Gasteiger partial charge in [0.25, 0.3) is 5.91 Å². The molecule has 0 unspecified atom stereocenters. The first-order valence-electron chi connectivity index (χ1n) is 9.75. The van der Waals surface area contributed by atoms with Gasteiger partial charge in [-0.2, -0.15) is 11.8 Å². The molecular weight excluding hydrogens is 404 g/mol. The molecule has 2 N–H and O–H groups in total. The van der Waals surface area contributed by atoms with E-state index < -0.39 is 0 Å². The third-order valence-corrected chi connectivity index (χ3v) is 6.65. The molecule has 2 aromatic rings. The van der Waals surface area contributed by atoms with Crippen molar-refractivity contribution in [2.45, 2.75) is 24.9 Å². The molecule has 2 heterocycles. The lowest BCUT2D eigenvalue weighted by Gasteiger charge is -2.44. The van der Waals surface area contributed by atoms with Crippen molar-refractivity contribution in [1.29, 1.82) is 0 Å². The molecule has 5 nitrogen and oxygen atoms in total. The Morgan fingerprint density at radius 3 is 2.69 bits per heavy atom. The normalized spacial score (nSPS) is 18.7. The minimum Gasteiger partial charge on any atom is -0.371 e. The van der Waals surface area contributed by atoms with Gasteiger partial charge in [-0.25, -0.2) is 0 Å². The average Bonchev–Trinajstić information content (AvgIpc) is 2.72. The van der Waals surface area contributed by atoms with Crippen molar-refractivity contribution in [3.05, 3.63) is 58.6 Å². The molecule has 0 aromatic heterocycles. The van der Waals surface area contributed by atoms with Crippen LogP contribution in [0.2, 0.25) is 5.02 Å². The van der Waals surface area contributed by atoms with Gasteiger partial charge < -0.3 is 15.5 Å². The summed E-state index contributed by atoms with van der Waals surface area (Å²) in [6.45, 7) is 0.540. The monoisotopic (exact) mass is 428 g/mol. The maximum atomic E-state index is 12.7. The lowest BCUT2D eigenvalue weighted by atomic mass is 9.87. The number of anilines is 2. The number of thioether (sulfide) groups is 1. The van der Waals surface area contributed by atoms with Gasteiger partial charge in [0.05, 0.1) is 29.0 Å². The molecule has 152 valence electrons. The number of carbonyl (C=O) groups excluding carboxylic acids is 1. The number of aliphatic imine (C=N–C) groups is 1. The third kappa shape index (κ3) is 4.09. The second-order valence-corrected chi connectivity index (χ2v) is 9.33. The van der Waals surface area contributed by atoms with E-state index in [1.165, 1.54) is 0 Å². The Morgan fingerprint density at radius 2 is 1.97 bits per heavy atom. The summed E-state index contributed by atoms with van der Waals surface area (Å²) >= 11 is 8.11. The van der Waals surface area contributed by atoms with E-state index in [-0.39, 0.29) is 11.4 Å². The van der Waals surface area contributed by atoms with Crippen LogP contribution in [-0.2, 0) is 6.54 Å². The number of carbonyl (C=O) groups is 1. The van der Waals surface area contributed by atoms with Gasteiger partial charge in [0, 0.05) is 19.1 Å². The van der Waals surface area contributed by atoms with Gasteiger partial charge in [0.1, 0.15) is 5.84 Å². The first-order valence-corrected chi connectivity index (χ1v) is 11.3. The van der Waals surface area contributed by atoms with Crippen LogP contribution in [0, 0.1) is 0 Å². The van der Waals surface area contributed by atoms with Gasteiger partial charge in [-0.05, 0) is 54.2 Å². The van der Waals surface area contributed by atoms with Crippen LogP contribution in [-0.4, -0.2) is 47.8 Å². The quantitative estimate of drug-likeness (QED) is 0.741. The highest BCUT2D eigenvalue weighted by molar-refractivity contribution is 7.99. The number of nitrogens with zero attached hydrogens (tertiary/aromatic N) is 2. The molecule has 7 heteroatoms. The minimum absolute atomic E-state index is 0.0273. The molecule has 2 aromatic carbocycles. The Kier molecular flexibility index (Phi) is 5.74. The van der Waals surface area contributed by atoms with E-state index in [1.54, 1.807) is 19.0 Å². The zero-order chi connectivity index (χ0) is 20.4. The van der Waals surface area contributed by atoms with Crippen LogP contribution < -0.4 is 10.6 Å². The number of rotatable bonds is 3. The van der Waals surface area contributed by atoms with Crippen molar-refractivity contribution in [3.8, 4) is 0 Å². The third-order valence-electron chi connectivity index (χ3n) is 5.43. The van der Waals surface area contributed by atoms with Crippen LogP contribution in [0.5, 0.6) is 0 Å². The molecule has 2 aliphatic rings. The van der Waals surface area contributed by atoms with Crippen LogP contribution >= 0.6 is 23.4 Å². The highest BCUT2D eigenvalue weighted by Gasteiger charge is 2.42. The molecule has 0 bridgehead atoms. The second kappa shape index (κ2) is 8.28. The van der Waals surface area contributed by atoms with Crippen molar-refractivity contribution in [2.24, 2.45) is 4.99 Å². The molecule has 0 saturated carbocycles. The number of benzene rings is 2. The zero-order valence-corrected chi connectivity index (χ0v) is 18.2. The van der Waals surface area contributed by atoms with Gasteiger partial charge in [-0.15, -0.1) is 0 Å². The summed E-state index contributed by atoms with van der Waals surface area (Å²) in [7, 11) is 3.54. The number of amidine groups is 1. The minimum atomic E-state index is -0.226. The molecule has 29 heavy (non-hydrogen) atoms. The van der Waals surface area contributed by atoms with Crippen molar-refractivity contribution >= 4 is 46.5 Å². The molecule has 0 aliphatic carbocycles. The fourth-order valence-electron chi connectivity index (χ4n) is 3.84. The Labute approximate surface area is 180 Å². The molecule has 0 atom stereocenters. The number of amides is 1. The summed E-state index contributed by atoms with van der Waals surface area (Å²) in [5.41, 5.74) is 3.26. The molecular formula is C22H25ClN4OS. The van der Waals surface area contributed by atoms with Crippen LogP contribution in [0.1, 0.15) is 28.8 Å². The lowest BCUT2D eigenvalue weighted by Crippen LogP contribution is -2.55. The Bertz CT molecular complexity index is 954. The smallest absolute Gasteiger partial charge is 0.255 e. The summed E-state index contributed by atoms with van der Waals surface area (Å²) in [6.07, 6.45) is 1.98. The van der Waals surface area contributed by atoms with Crippen LogP contribution in [0.3, 0.4) is 0 Å². The molecule has 1 spiro atoms. The van der Waals surface area contributed by atoms with Gasteiger partial charge in [-0.3, -0.25) is 9.79 Å². The number of halogens is 1. The Hall–Kier alpha value is -2.18. The molecule has 2 aliphatic heterocycles. The molecule has 1 fully saturated rings. The summed E-state index contributed by atoms with van der Waals surface area (Å²) in [4.78, 5) is 19.3.